The van der Waals surface area contributed by atoms with E-state index in [1.165, 1.54) is 25.3 Å². The molecule has 1 saturated carbocycles. The zero-order valence-corrected chi connectivity index (χ0v) is 9.13. The number of carbonyl (C=O) groups is 1. The van der Waals surface area contributed by atoms with Gasteiger partial charge < -0.3 is 10.6 Å². The summed E-state index contributed by atoms with van der Waals surface area (Å²) in [5, 5.41) is 6.14. The molecular weight excluding hydrogens is 188 g/mol. The molecule has 0 bridgehead atoms. The average molecular weight is 204 g/mol. The quantitative estimate of drug-likeness (QED) is 0.789. The zero-order valence-electron chi connectivity index (χ0n) is 9.13. The summed E-state index contributed by atoms with van der Waals surface area (Å²) in [6.45, 7) is 1.53. The lowest BCUT2D eigenvalue weighted by Gasteiger charge is -2.15. The molecule has 1 aliphatic carbocycles. The molecule has 0 atom stereocenters. The van der Waals surface area contributed by atoms with E-state index in [0.717, 1.165) is 5.69 Å². The molecule has 1 amide bonds. The van der Waals surface area contributed by atoms with Crippen LogP contribution in [0.2, 0.25) is 0 Å². The number of hydrogen-bond donors (Lipinski definition) is 2. The Morgan fingerprint density at radius 3 is 2.67 bits per heavy atom. The van der Waals surface area contributed by atoms with Crippen molar-refractivity contribution in [2.45, 2.75) is 25.3 Å². The molecular formula is C12H16N2O. The fourth-order valence-corrected chi connectivity index (χ4v) is 1.91. The average Bonchev–Trinajstić information content (AvgIpc) is 2.97. The van der Waals surface area contributed by atoms with Crippen molar-refractivity contribution in [3.05, 3.63) is 29.8 Å². The molecule has 0 aromatic heterocycles. The third-order valence-corrected chi connectivity index (χ3v) is 2.96. The fourth-order valence-electron chi connectivity index (χ4n) is 1.91. The minimum Gasteiger partial charge on any atom is -0.326 e. The molecule has 3 heteroatoms. The summed E-state index contributed by atoms with van der Waals surface area (Å²) in [7, 11) is 1.98. The predicted molar refractivity (Wildman–Crippen MR) is 60.7 cm³/mol. The first-order chi connectivity index (χ1) is 7.16. The summed E-state index contributed by atoms with van der Waals surface area (Å²) < 4.78 is 0. The second-order valence-corrected chi connectivity index (χ2v) is 4.09. The molecule has 3 nitrogen and oxygen atoms in total. The van der Waals surface area contributed by atoms with Crippen molar-refractivity contribution < 1.29 is 4.79 Å². The van der Waals surface area contributed by atoms with Crippen molar-refractivity contribution in [1.29, 1.82) is 0 Å². The monoisotopic (exact) mass is 204 g/mol. The number of carbonyl (C=O) groups excluding carboxylic acids is 1. The maximum Gasteiger partial charge on any atom is 0.221 e. The number of nitrogens with one attached hydrogen (secondary N) is 2. The zero-order chi connectivity index (χ0) is 10.9. The molecule has 2 N–H and O–H groups in total. The second kappa shape index (κ2) is 3.66. The van der Waals surface area contributed by atoms with E-state index in [0.29, 0.717) is 0 Å². The molecule has 0 unspecified atom stereocenters. The first-order valence-corrected chi connectivity index (χ1v) is 5.23. The van der Waals surface area contributed by atoms with E-state index in [1.54, 1.807) is 0 Å². The van der Waals surface area contributed by atoms with Gasteiger partial charge in [-0.1, -0.05) is 12.1 Å². The highest BCUT2D eigenvalue weighted by molar-refractivity contribution is 5.88. The Morgan fingerprint density at radius 2 is 2.13 bits per heavy atom. The van der Waals surface area contributed by atoms with Gasteiger partial charge in [0.25, 0.3) is 0 Å². The van der Waals surface area contributed by atoms with Crippen molar-refractivity contribution in [2.24, 2.45) is 0 Å². The van der Waals surface area contributed by atoms with Gasteiger partial charge in [0.05, 0.1) is 0 Å². The Kier molecular flexibility index (Phi) is 2.49. The summed E-state index contributed by atoms with van der Waals surface area (Å²) in [4.78, 5) is 10.9. The van der Waals surface area contributed by atoms with E-state index in [1.807, 2.05) is 25.2 Å². The third kappa shape index (κ3) is 2.02. The number of rotatable bonds is 3. The first-order valence-electron chi connectivity index (χ1n) is 5.23. The smallest absolute Gasteiger partial charge is 0.221 e. The van der Waals surface area contributed by atoms with Crippen molar-refractivity contribution >= 4 is 11.6 Å². The number of anilines is 1. The Hall–Kier alpha value is -1.35. The lowest BCUT2D eigenvalue weighted by atomic mass is 10.0. The standard InChI is InChI=1S/C12H16N2O/c1-9(15)14-11-5-3-4-10(8-11)12(13-2)6-7-12/h3-5,8,13H,6-7H2,1-2H3,(H,14,15). The van der Waals surface area contributed by atoms with Gasteiger partial charge in [0.15, 0.2) is 0 Å². The molecule has 0 aliphatic heterocycles. The molecule has 15 heavy (non-hydrogen) atoms. The van der Waals surface area contributed by atoms with Gasteiger partial charge in [0, 0.05) is 18.2 Å². The van der Waals surface area contributed by atoms with Crippen LogP contribution in [0.15, 0.2) is 24.3 Å². The number of amides is 1. The van der Waals surface area contributed by atoms with Crippen LogP contribution in [0.3, 0.4) is 0 Å². The SMILES string of the molecule is CNC1(c2cccc(NC(C)=O)c2)CC1. The predicted octanol–water partition coefficient (Wildman–Crippen LogP) is 1.85. The number of benzene rings is 1. The first kappa shape index (κ1) is 10.2. The fraction of sp³-hybridized carbons (Fsp3) is 0.417. The van der Waals surface area contributed by atoms with Gasteiger partial charge in [0.1, 0.15) is 0 Å². The van der Waals surface area contributed by atoms with E-state index in [-0.39, 0.29) is 11.4 Å². The summed E-state index contributed by atoms with van der Waals surface area (Å²) in [5.74, 6) is -0.0264. The molecule has 0 spiro atoms. The van der Waals surface area contributed by atoms with Crippen LogP contribution in [0.1, 0.15) is 25.3 Å². The highest BCUT2D eigenvalue weighted by atomic mass is 16.1. The van der Waals surface area contributed by atoms with Crippen LogP contribution in [0, 0.1) is 0 Å². The molecule has 0 radical (unpaired) electrons. The lowest BCUT2D eigenvalue weighted by molar-refractivity contribution is -0.114. The molecule has 1 aromatic carbocycles. The van der Waals surface area contributed by atoms with Crippen molar-refractivity contribution in [1.82, 2.24) is 5.32 Å². The van der Waals surface area contributed by atoms with Crippen LogP contribution in [0.4, 0.5) is 5.69 Å². The van der Waals surface area contributed by atoms with Gasteiger partial charge in [-0.2, -0.15) is 0 Å². The minimum atomic E-state index is -0.0264. The van der Waals surface area contributed by atoms with Crippen LogP contribution >= 0.6 is 0 Å². The Bertz CT molecular complexity index is 383. The third-order valence-electron chi connectivity index (χ3n) is 2.96. The second-order valence-electron chi connectivity index (χ2n) is 4.09. The molecule has 1 aromatic rings. The Balaban J connectivity index is 2.23. The van der Waals surface area contributed by atoms with Gasteiger partial charge in [-0.05, 0) is 37.6 Å². The van der Waals surface area contributed by atoms with Gasteiger partial charge in [0.2, 0.25) is 5.91 Å². The number of hydrogen-bond acceptors (Lipinski definition) is 2. The van der Waals surface area contributed by atoms with E-state index in [9.17, 15) is 4.79 Å². The lowest BCUT2D eigenvalue weighted by Crippen LogP contribution is -2.24. The van der Waals surface area contributed by atoms with Crippen LogP contribution in [-0.4, -0.2) is 13.0 Å². The van der Waals surface area contributed by atoms with E-state index < -0.39 is 0 Å². The molecule has 0 heterocycles. The van der Waals surface area contributed by atoms with Crippen LogP contribution in [0.5, 0.6) is 0 Å². The van der Waals surface area contributed by atoms with Gasteiger partial charge in [-0.25, -0.2) is 0 Å². The summed E-state index contributed by atoms with van der Waals surface area (Å²) in [6.07, 6.45) is 2.35. The summed E-state index contributed by atoms with van der Waals surface area (Å²) >= 11 is 0. The maximum atomic E-state index is 10.9. The maximum absolute atomic E-state index is 10.9. The van der Waals surface area contributed by atoms with Crippen molar-refractivity contribution in [3.63, 3.8) is 0 Å². The van der Waals surface area contributed by atoms with E-state index in [2.05, 4.69) is 16.7 Å². The van der Waals surface area contributed by atoms with E-state index in [4.69, 9.17) is 0 Å². The Labute approximate surface area is 89.9 Å². The normalized spacial score (nSPS) is 17.2. The summed E-state index contributed by atoms with van der Waals surface area (Å²) in [5.41, 5.74) is 2.30. The molecule has 1 fully saturated rings. The van der Waals surface area contributed by atoms with Crippen LogP contribution in [0.25, 0.3) is 0 Å². The molecule has 0 saturated heterocycles. The summed E-state index contributed by atoms with van der Waals surface area (Å²) in [6, 6.07) is 8.05. The van der Waals surface area contributed by atoms with E-state index >= 15 is 0 Å². The highest BCUT2D eigenvalue weighted by Gasteiger charge is 2.42. The van der Waals surface area contributed by atoms with Crippen molar-refractivity contribution in [3.8, 4) is 0 Å². The minimum absolute atomic E-state index is 0.0264. The molecule has 1 aliphatic rings. The highest BCUT2D eigenvalue weighted by Crippen LogP contribution is 2.45. The largest absolute Gasteiger partial charge is 0.326 e. The topological polar surface area (TPSA) is 41.1 Å². The van der Waals surface area contributed by atoms with Crippen LogP contribution in [-0.2, 0) is 10.3 Å². The molecule has 2 rings (SSSR count). The Morgan fingerprint density at radius 1 is 1.40 bits per heavy atom. The van der Waals surface area contributed by atoms with Crippen molar-refractivity contribution in [2.75, 3.05) is 12.4 Å². The van der Waals surface area contributed by atoms with Crippen LogP contribution < -0.4 is 10.6 Å². The van der Waals surface area contributed by atoms with Gasteiger partial charge >= 0.3 is 0 Å². The molecule has 80 valence electrons. The van der Waals surface area contributed by atoms with Gasteiger partial charge in [-0.3, -0.25) is 4.79 Å². The van der Waals surface area contributed by atoms with Gasteiger partial charge in [-0.15, -0.1) is 0 Å².